The van der Waals surface area contributed by atoms with E-state index in [0.717, 1.165) is 5.69 Å². The smallest absolute Gasteiger partial charge is 0.173 e. The van der Waals surface area contributed by atoms with Crippen LogP contribution < -0.4 is 4.90 Å². The van der Waals surface area contributed by atoms with Gasteiger partial charge < -0.3 is 9.69 Å². The van der Waals surface area contributed by atoms with Crippen molar-refractivity contribution in [2.45, 2.75) is 0 Å². The first-order valence-corrected chi connectivity index (χ1v) is 5.73. The molecule has 20 heavy (non-hydrogen) atoms. The molecule has 1 heterocycles. The minimum Gasteiger partial charge on any atom is -0.388 e. The summed E-state index contributed by atoms with van der Waals surface area (Å²) in [6.45, 7) is 0. The molecule has 5 nitrogen and oxygen atoms in total. The maximum Gasteiger partial charge on any atom is 0.173 e. The Morgan fingerprint density at radius 1 is 1.15 bits per heavy atom. The first kappa shape index (κ1) is 16.0. The molecule has 0 amide bonds. The molecule has 0 radical (unpaired) electrons. The molecule has 0 fully saturated rings. The van der Waals surface area contributed by atoms with Crippen molar-refractivity contribution >= 4 is 23.5 Å². The van der Waals surface area contributed by atoms with E-state index in [-0.39, 0.29) is 16.5 Å². The molecule has 0 spiro atoms. The van der Waals surface area contributed by atoms with Crippen LogP contribution in [0.1, 0.15) is 5.56 Å². The van der Waals surface area contributed by atoms with Gasteiger partial charge in [0.1, 0.15) is 0 Å². The third-order valence-electron chi connectivity index (χ3n) is 2.52. The van der Waals surface area contributed by atoms with Crippen LogP contribution in [-0.4, -0.2) is 25.4 Å². The monoisotopic (exact) mass is 311 g/mol. The maximum atomic E-state index is 11.0. The molecular formula is C14H13N4NiO-. The standard InChI is InChI=1S/C14H13N4O.Ni/c1-18(2)12-6-7-13(11(9-12)10-19)16-17-14-5-3-4-8-15-14;/h3-9H,1-2H3;/q-1;. The zero-order valence-electron chi connectivity index (χ0n) is 11.1. The van der Waals surface area contributed by atoms with E-state index in [9.17, 15) is 4.79 Å². The molecule has 0 saturated carbocycles. The zero-order valence-corrected chi connectivity index (χ0v) is 12.0. The van der Waals surface area contributed by atoms with Gasteiger partial charge in [0.15, 0.2) is 5.82 Å². The molecule has 106 valence electrons. The van der Waals surface area contributed by atoms with Gasteiger partial charge in [-0.05, 0) is 23.5 Å². The number of carbonyl (C=O) groups excluding carboxylic acids is 1. The van der Waals surface area contributed by atoms with Gasteiger partial charge in [0, 0.05) is 36.8 Å². The summed E-state index contributed by atoms with van der Waals surface area (Å²) in [6.07, 6.45) is 3.51. The van der Waals surface area contributed by atoms with E-state index >= 15 is 0 Å². The summed E-state index contributed by atoms with van der Waals surface area (Å²) in [7, 11) is 3.80. The van der Waals surface area contributed by atoms with Crippen LogP contribution in [0.15, 0.2) is 52.8 Å². The summed E-state index contributed by atoms with van der Waals surface area (Å²) in [4.78, 5) is 16.9. The Labute approximate surface area is 127 Å². The molecule has 0 unspecified atom stereocenters. The van der Waals surface area contributed by atoms with Crippen LogP contribution >= 0.6 is 0 Å². The minimum atomic E-state index is 0. The molecule has 0 aliphatic heterocycles. The van der Waals surface area contributed by atoms with Crippen molar-refractivity contribution in [1.29, 1.82) is 0 Å². The van der Waals surface area contributed by atoms with E-state index in [1.165, 1.54) is 0 Å². The molecule has 0 saturated heterocycles. The van der Waals surface area contributed by atoms with Crippen molar-refractivity contribution in [2.24, 2.45) is 10.2 Å². The summed E-state index contributed by atoms with van der Waals surface area (Å²) in [5, 5.41) is 8.01. The van der Waals surface area contributed by atoms with Crippen LogP contribution in [0.4, 0.5) is 17.2 Å². The van der Waals surface area contributed by atoms with Crippen LogP contribution in [0.5, 0.6) is 0 Å². The van der Waals surface area contributed by atoms with Gasteiger partial charge in [-0.2, -0.15) is 0 Å². The Hall–Kier alpha value is -2.07. The predicted octanol–water partition coefficient (Wildman–Crippen LogP) is 3.02. The largest absolute Gasteiger partial charge is 0.388 e. The summed E-state index contributed by atoms with van der Waals surface area (Å²) in [5.74, 6) is 0.496. The van der Waals surface area contributed by atoms with Crippen molar-refractivity contribution in [3.05, 3.63) is 48.2 Å². The number of nitrogens with zero attached hydrogens (tertiary/aromatic N) is 4. The number of hydrogen-bond donors (Lipinski definition) is 0. The van der Waals surface area contributed by atoms with E-state index in [1.54, 1.807) is 30.5 Å². The number of pyridine rings is 1. The van der Waals surface area contributed by atoms with Gasteiger partial charge in [0.2, 0.25) is 0 Å². The Bertz CT molecular complexity index is 599. The normalized spacial score (nSPS) is 10.1. The van der Waals surface area contributed by atoms with Crippen molar-refractivity contribution in [3.8, 4) is 0 Å². The van der Waals surface area contributed by atoms with Gasteiger partial charge in [0.05, 0.1) is 6.29 Å². The molecule has 1 aromatic heterocycles. The second kappa shape index (κ2) is 7.51. The fourth-order valence-corrected chi connectivity index (χ4v) is 1.49. The minimum absolute atomic E-state index is 0. The van der Waals surface area contributed by atoms with Gasteiger partial charge in [0.25, 0.3) is 0 Å². The average molecular weight is 312 g/mol. The number of azo groups is 1. The maximum absolute atomic E-state index is 11.0. The SMILES string of the molecule is CN(C)c1ccc(N=Nc2ccccn2)c([C-]=O)c1.[Ni]. The van der Waals surface area contributed by atoms with Gasteiger partial charge in [-0.1, -0.05) is 18.2 Å². The Morgan fingerprint density at radius 2 is 1.95 bits per heavy atom. The van der Waals surface area contributed by atoms with Crippen LogP contribution in [0.2, 0.25) is 0 Å². The third-order valence-corrected chi connectivity index (χ3v) is 2.52. The van der Waals surface area contributed by atoms with Gasteiger partial charge >= 0.3 is 0 Å². The summed E-state index contributed by atoms with van der Waals surface area (Å²) >= 11 is 0. The van der Waals surface area contributed by atoms with E-state index in [1.807, 2.05) is 37.4 Å². The van der Waals surface area contributed by atoms with E-state index in [0.29, 0.717) is 17.1 Å². The van der Waals surface area contributed by atoms with E-state index < -0.39 is 0 Å². The molecule has 2 aromatic rings. The third kappa shape index (κ3) is 3.97. The first-order valence-electron chi connectivity index (χ1n) is 5.73. The molecule has 2 rings (SSSR count). The number of rotatable bonds is 4. The number of benzene rings is 1. The number of hydrogen-bond acceptors (Lipinski definition) is 5. The molecule has 0 aliphatic rings. The quantitative estimate of drug-likeness (QED) is 0.495. The van der Waals surface area contributed by atoms with Crippen molar-refractivity contribution in [1.82, 2.24) is 4.98 Å². The Balaban J connectivity index is 0.00000200. The summed E-state index contributed by atoms with van der Waals surface area (Å²) in [6, 6.07) is 10.7. The molecular weight excluding hydrogens is 299 g/mol. The predicted molar refractivity (Wildman–Crippen MR) is 74.0 cm³/mol. The molecule has 6 heteroatoms. The molecule has 0 atom stereocenters. The number of anilines is 1. The van der Waals surface area contributed by atoms with Crippen LogP contribution in [-0.2, 0) is 21.3 Å². The van der Waals surface area contributed by atoms with Crippen molar-refractivity contribution in [3.63, 3.8) is 0 Å². The first-order chi connectivity index (χ1) is 9.20. The van der Waals surface area contributed by atoms with Gasteiger partial charge in [-0.15, -0.1) is 16.7 Å². The second-order valence-electron chi connectivity index (χ2n) is 4.09. The van der Waals surface area contributed by atoms with Crippen molar-refractivity contribution < 1.29 is 21.3 Å². The Kier molecular flexibility index (Phi) is 6.00. The molecule has 0 N–H and O–H groups in total. The van der Waals surface area contributed by atoms with Crippen LogP contribution in [0.3, 0.4) is 0 Å². The fraction of sp³-hybridized carbons (Fsp3) is 0.143. The molecule has 0 aliphatic carbocycles. The van der Waals surface area contributed by atoms with Crippen LogP contribution in [0, 0.1) is 0 Å². The van der Waals surface area contributed by atoms with Gasteiger partial charge in [-0.3, -0.25) is 0 Å². The second-order valence-corrected chi connectivity index (χ2v) is 4.09. The summed E-state index contributed by atoms with van der Waals surface area (Å²) < 4.78 is 0. The Morgan fingerprint density at radius 3 is 2.55 bits per heavy atom. The van der Waals surface area contributed by atoms with Crippen LogP contribution in [0.25, 0.3) is 0 Å². The molecule has 1 aromatic carbocycles. The summed E-state index contributed by atoms with van der Waals surface area (Å²) in [5.41, 5.74) is 1.77. The van der Waals surface area contributed by atoms with E-state index in [2.05, 4.69) is 15.2 Å². The fourth-order valence-electron chi connectivity index (χ4n) is 1.49. The molecule has 0 bridgehead atoms. The topological polar surface area (TPSA) is 57.9 Å². The number of aromatic nitrogens is 1. The van der Waals surface area contributed by atoms with Crippen molar-refractivity contribution in [2.75, 3.05) is 19.0 Å². The average Bonchev–Trinajstić information content (AvgIpc) is 2.45. The van der Waals surface area contributed by atoms with Gasteiger partial charge in [-0.25, -0.2) is 10.1 Å². The van der Waals surface area contributed by atoms with E-state index in [4.69, 9.17) is 0 Å². The zero-order chi connectivity index (χ0) is 13.7.